The molecule has 0 bridgehead atoms. The molecule has 1 saturated heterocycles. The average Bonchev–Trinajstić information content (AvgIpc) is 2.58. The smallest absolute Gasteiger partial charge is 0.243 e. The molecule has 0 aromatic carbocycles. The van der Waals surface area contributed by atoms with Gasteiger partial charge in [-0.1, -0.05) is 6.08 Å². The van der Waals surface area contributed by atoms with Crippen LogP contribution in [-0.2, 0) is 9.53 Å². The minimum Gasteiger partial charge on any atom is -0.379 e. The number of allylic oxidation sites excluding steroid dienone is 1. The fourth-order valence-electron chi connectivity index (χ4n) is 2.32. The third-order valence-electron chi connectivity index (χ3n) is 3.94. The lowest BCUT2D eigenvalue weighted by Gasteiger charge is -2.28. The average molecular weight is 339 g/mol. The predicted molar refractivity (Wildman–Crippen MR) is 98.3 cm³/mol. The molecule has 138 valence electrons. The Balaban J connectivity index is 2.49. The molecule has 0 aromatic heterocycles. The van der Waals surface area contributed by atoms with Crippen LogP contribution in [0.5, 0.6) is 0 Å². The maximum atomic E-state index is 11.8. The first kappa shape index (κ1) is 20.4. The first-order valence-corrected chi connectivity index (χ1v) is 8.65. The van der Waals surface area contributed by atoms with Crippen LogP contribution in [-0.4, -0.2) is 100 Å². The van der Waals surface area contributed by atoms with Crippen LogP contribution in [0.25, 0.3) is 0 Å². The van der Waals surface area contributed by atoms with Gasteiger partial charge in [-0.3, -0.25) is 9.69 Å². The summed E-state index contributed by atoms with van der Waals surface area (Å²) in [6, 6.07) is 0. The molecule has 7 nitrogen and oxygen atoms in total. The van der Waals surface area contributed by atoms with Crippen molar-refractivity contribution < 1.29 is 9.53 Å². The van der Waals surface area contributed by atoms with Gasteiger partial charge in [-0.05, 0) is 12.8 Å². The summed E-state index contributed by atoms with van der Waals surface area (Å²) in [6.45, 7) is 10.1. The van der Waals surface area contributed by atoms with Crippen LogP contribution in [0.1, 0.15) is 12.8 Å². The van der Waals surface area contributed by atoms with Crippen LogP contribution in [0.3, 0.4) is 0 Å². The molecule has 1 amide bonds. The first-order valence-electron chi connectivity index (χ1n) is 8.65. The molecule has 0 aliphatic carbocycles. The molecule has 0 spiro atoms. The normalized spacial score (nSPS) is 15.9. The minimum atomic E-state index is 0.00182. The Hall–Kier alpha value is -1.60. The molecule has 0 saturated carbocycles. The van der Waals surface area contributed by atoms with Gasteiger partial charge in [-0.25, -0.2) is 4.99 Å². The lowest BCUT2D eigenvalue weighted by molar-refractivity contribution is -0.127. The van der Waals surface area contributed by atoms with Gasteiger partial charge in [0.15, 0.2) is 5.96 Å². The molecule has 1 aliphatic rings. The van der Waals surface area contributed by atoms with Gasteiger partial charge in [0.05, 0.1) is 13.2 Å². The number of unbranched alkanes of at least 4 members (excludes halogenated alkanes) is 1. The second kappa shape index (κ2) is 11.9. The zero-order valence-corrected chi connectivity index (χ0v) is 15.5. The van der Waals surface area contributed by atoms with Crippen molar-refractivity contribution >= 4 is 11.9 Å². The highest BCUT2D eigenvalue weighted by Crippen LogP contribution is 1.97. The van der Waals surface area contributed by atoms with Crippen LogP contribution in [0.2, 0.25) is 0 Å². The van der Waals surface area contributed by atoms with Gasteiger partial charge < -0.3 is 19.9 Å². The molecule has 0 radical (unpaired) electrons. The van der Waals surface area contributed by atoms with Crippen LogP contribution in [0.15, 0.2) is 17.6 Å². The maximum Gasteiger partial charge on any atom is 0.243 e. The lowest BCUT2D eigenvalue weighted by atomic mass is 10.3. The van der Waals surface area contributed by atoms with E-state index in [1.165, 1.54) is 0 Å². The fourth-order valence-corrected chi connectivity index (χ4v) is 2.32. The highest BCUT2D eigenvalue weighted by atomic mass is 16.5. The second-order valence-electron chi connectivity index (χ2n) is 6.16. The SMILES string of the molecule is C=CCCCN(C)C(=NCC(=O)N(C)C)NCCN1CCOCC1. The number of likely N-dealkylation sites (N-methyl/N-ethyl adjacent to an activating group) is 1. The summed E-state index contributed by atoms with van der Waals surface area (Å²) in [5.41, 5.74) is 0. The molecular formula is C17H33N5O2. The highest BCUT2D eigenvalue weighted by molar-refractivity contribution is 5.84. The molecule has 1 fully saturated rings. The van der Waals surface area contributed by atoms with E-state index in [2.05, 4.69) is 26.7 Å². The van der Waals surface area contributed by atoms with E-state index in [1.54, 1.807) is 19.0 Å². The van der Waals surface area contributed by atoms with E-state index in [9.17, 15) is 4.79 Å². The van der Waals surface area contributed by atoms with Gasteiger partial charge in [0, 0.05) is 53.9 Å². The summed E-state index contributed by atoms with van der Waals surface area (Å²) in [5.74, 6) is 0.782. The van der Waals surface area contributed by atoms with Crippen LogP contribution >= 0.6 is 0 Å². The lowest BCUT2D eigenvalue weighted by Crippen LogP contribution is -2.45. The van der Waals surface area contributed by atoms with Crippen molar-refractivity contribution in [3.8, 4) is 0 Å². The second-order valence-corrected chi connectivity index (χ2v) is 6.16. The number of hydrogen-bond donors (Lipinski definition) is 1. The third-order valence-corrected chi connectivity index (χ3v) is 3.94. The Kier molecular flexibility index (Phi) is 10.1. The molecule has 7 heteroatoms. The Bertz CT molecular complexity index is 406. The Morgan fingerprint density at radius 1 is 1.33 bits per heavy atom. The standard InChI is InChI=1S/C17H33N5O2/c1-5-6-7-9-21(4)17(19-15-16(23)20(2)3)18-8-10-22-11-13-24-14-12-22/h5H,1,6-15H2,2-4H3,(H,18,19). The number of morpholine rings is 1. The van der Waals surface area contributed by atoms with E-state index >= 15 is 0 Å². The largest absolute Gasteiger partial charge is 0.379 e. The van der Waals surface area contributed by atoms with Crippen molar-refractivity contribution in [3.63, 3.8) is 0 Å². The summed E-state index contributed by atoms with van der Waals surface area (Å²) >= 11 is 0. The zero-order chi connectivity index (χ0) is 17.8. The molecule has 0 unspecified atom stereocenters. The fraction of sp³-hybridized carbons (Fsp3) is 0.765. The number of guanidine groups is 1. The van der Waals surface area contributed by atoms with Gasteiger partial charge in [-0.2, -0.15) is 0 Å². The van der Waals surface area contributed by atoms with E-state index in [1.807, 2.05) is 13.1 Å². The van der Waals surface area contributed by atoms with Crippen LogP contribution in [0.4, 0.5) is 0 Å². The molecule has 1 N–H and O–H groups in total. The van der Waals surface area contributed by atoms with Gasteiger partial charge >= 0.3 is 0 Å². The molecular weight excluding hydrogens is 306 g/mol. The number of nitrogens with one attached hydrogen (secondary N) is 1. The maximum absolute atomic E-state index is 11.8. The van der Waals surface area contributed by atoms with Crippen molar-refractivity contribution in [1.82, 2.24) is 20.0 Å². The van der Waals surface area contributed by atoms with Crippen molar-refractivity contribution in [2.75, 3.05) is 73.6 Å². The Morgan fingerprint density at radius 3 is 2.67 bits per heavy atom. The quantitative estimate of drug-likeness (QED) is 0.282. The molecule has 1 rings (SSSR count). The summed E-state index contributed by atoms with van der Waals surface area (Å²) in [4.78, 5) is 22.3. The van der Waals surface area contributed by atoms with E-state index in [0.717, 1.165) is 64.7 Å². The molecule has 24 heavy (non-hydrogen) atoms. The number of ether oxygens (including phenoxy) is 1. The van der Waals surface area contributed by atoms with Gasteiger partial charge in [0.25, 0.3) is 0 Å². The van der Waals surface area contributed by atoms with Gasteiger partial charge in [-0.15, -0.1) is 6.58 Å². The predicted octanol–water partition coefficient (Wildman–Crippen LogP) is 0.250. The minimum absolute atomic E-state index is 0.00182. The van der Waals surface area contributed by atoms with Crippen molar-refractivity contribution in [2.45, 2.75) is 12.8 Å². The number of rotatable bonds is 9. The number of nitrogens with zero attached hydrogens (tertiary/aromatic N) is 4. The zero-order valence-electron chi connectivity index (χ0n) is 15.5. The van der Waals surface area contributed by atoms with Crippen LogP contribution < -0.4 is 5.32 Å². The Labute approximate surface area is 146 Å². The van der Waals surface area contributed by atoms with Gasteiger partial charge in [0.1, 0.15) is 6.54 Å². The summed E-state index contributed by atoms with van der Waals surface area (Å²) in [7, 11) is 5.50. The summed E-state index contributed by atoms with van der Waals surface area (Å²) < 4.78 is 5.36. The number of amides is 1. The van der Waals surface area contributed by atoms with E-state index in [0.29, 0.717) is 0 Å². The summed E-state index contributed by atoms with van der Waals surface area (Å²) in [6.07, 6.45) is 3.92. The van der Waals surface area contributed by atoms with Crippen molar-refractivity contribution in [1.29, 1.82) is 0 Å². The monoisotopic (exact) mass is 339 g/mol. The Morgan fingerprint density at radius 2 is 2.04 bits per heavy atom. The van der Waals surface area contributed by atoms with E-state index < -0.39 is 0 Å². The number of carbonyl (C=O) groups excluding carboxylic acids is 1. The molecule has 0 aromatic rings. The van der Waals surface area contributed by atoms with Crippen molar-refractivity contribution in [2.24, 2.45) is 4.99 Å². The number of carbonyl (C=O) groups is 1. The van der Waals surface area contributed by atoms with Crippen LogP contribution in [0, 0.1) is 0 Å². The molecule has 1 aliphatic heterocycles. The van der Waals surface area contributed by atoms with E-state index in [-0.39, 0.29) is 12.5 Å². The number of aliphatic imine (C=N–C) groups is 1. The first-order chi connectivity index (χ1) is 11.5. The topological polar surface area (TPSA) is 60.4 Å². The molecule has 0 atom stereocenters. The third kappa shape index (κ3) is 8.31. The number of hydrogen-bond acceptors (Lipinski definition) is 4. The summed E-state index contributed by atoms with van der Waals surface area (Å²) in [5, 5.41) is 3.38. The highest BCUT2D eigenvalue weighted by Gasteiger charge is 2.12. The van der Waals surface area contributed by atoms with Crippen molar-refractivity contribution in [3.05, 3.63) is 12.7 Å². The van der Waals surface area contributed by atoms with E-state index in [4.69, 9.17) is 4.74 Å². The molecule has 1 heterocycles. The van der Waals surface area contributed by atoms with Gasteiger partial charge in [0.2, 0.25) is 5.91 Å².